The Balaban J connectivity index is -0.000000267. The molecule has 0 fully saturated rings. The standard InChI is InChI=1S/3C19H35O6PS.3K/c3*1-16(2)9-7-11-18(4)13-8-12-17(3)10-5-6-14-19(26(20,21)22)15-27(23,24)25;;;/h3*9-10,13,19H,5-8,11-12,14-15H2,1-4H3,(H2,20,21,22)(H,23,24,25);;;/q;;;3*+1/p-3/b3*17-10+,18-13+;;;. The Hall–Kier alpha value is 2.75. The van der Waals surface area contributed by atoms with Crippen LogP contribution in [-0.4, -0.2) is 103 Å². The van der Waals surface area contributed by atoms with E-state index in [-0.39, 0.29) is 173 Å². The summed E-state index contributed by atoms with van der Waals surface area (Å²) >= 11 is 0. The molecule has 0 aromatic heterocycles. The van der Waals surface area contributed by atoms with E-state index in [9.17, 15) is 82.0 Å². The summed E-state index contributed by atoms with van der Waals surface area (Å²) < 4.78 is 131. The van der Waals surface area contributed by atoms with Gasteiger partial charge in [0, 0.05) is 0 Å². The van der Waals surface area contributed by atoms with Gasteiger partial charge < -0.3 is 43.0 Å². The van der Waals surface area contributed by atoms with E-state index in [2.05, 4.69) is 98.8 Å². The van der Waals surface area contributed by atoms with Gasteiger partial charge in [-0.3, -0.25) is 13.7 Å². The predicted molar refractivity (Wildman–Crippen MR) is 329 cm³/mol. The summed E-state index contributed by atoms with van der Waals surface area (Å²) in [5.74, 6) is -3.05. The molecule has 0 spiro atoms. The molecule has 474 valence electrons. The van der Waals surface area contributed by atoms with Crippen molar-refractivity contribution in [2.75, 3.05) is 17.3 Å². The Morgan fingerprint density at radius 1 is 0.321 bits per heavy atom. The van der Waals surface area contributed by atoms with Crippen LogP contribution in [-0.2, 0) is 44.0 Å². The zero-order valence-electron chi connectivity index (χ0n) is 53.5. The largest absolute Gasteiger partial charge is 1.00 e. The smallest absolute Gasteiger partial charge is 0.748 e. The van der Waals surface area contributed by atoms with Crippen LogP contribution in [0.5, 0.6) is 0 Å². The van der Waals surface area contributed by atoms with E-state index in [1.54, 1.807) is 0 Å². The second-order valence-electron chi connectivity index (χ2n) is 22.1. The molecular formula is C57H102K3O18P3S3. The van der Waals surface area contributed by atoms with E-state index < -0.39 is 87.4 Å². The average molecular weight is 1380 g/mol. The Bertz CT molecular complexity index is 2350. The number of rotatable bonds is 39. The molecule has 0 heterocycles. The fourth-order valence-electron chi connectivity index (χ4n) is 7.88. The van der Waals surface area contributed by atoms with Gasteiger partial charge in [0.15, 0.2) is 0 Å². The molecule has 84 heavy (non-hydrogen) atoms. The van der Waals surface area contributed by atoms with Crippen molar-refractivity contribution in [3.05, 3.63) is 105 Å². The Morgan fingerprint density at radius 2 is 0.476 bits per heavy atom. The second kappa shape index (κ2) is 53.0. The minimum absolute atomic E-state index is 0. The number of allylic oxidation sites excluding steroid dienone is 18. The van der Waals surface area contributed by atoms with Crippen LogP contribution < -0.4 is 154 Å². The van der Waals surface area contributed by atoms with Crippen LogP contribution in [0.2, 0.25) is 0 Å². The molecule has 0 aromatic rings. The van der Waals surface area contributed by atoms with Crippen LogP contribution in [0, 0.1) is 0 Å². The van der Waals surface area contributed by atoms with E-state index >= 15 is 0 Å². The minimum atomic E-state index is -4.66. The van der Waals surface area contributed by atoms with Crippen molar-refractivity contribution < 1.29 is 236 Å². The van der Waals surface area contributed by atoms with E-state index in [1.807, 2.05) is 39.0 Å². The van der Waals surface area contributed by atoms with Crippen LogP contribution in [0.3, 0.4) is 0 Å². The molecule has 6 N–H and O–H groups in total. The van der Waals surface area contributed by atoms with Crippen molar-refractivity contribution in [2.45, 2.75) is 235 Å². The summed E-state index contributed by atoms with van der Waals surface area (Å²) in [6, 6.07) is 0. The van der Waals surface area contributed by atoms with E-state index in [0.717, 1.165) is 77.0 Å². The van der Waals surface area contributed by atoms with Gasteiger partial charge >= 0.3 is 177 Å². The maximum atomic E-state index is 11.3. The predicted octanol–water partition coefficient (Wildman–Crippen LogP) is 5.01. The first-order valence-electron chi connectivity index (χ1n) is 27.7. The molecule has 0 aromatic carbocycles. The molecule has 0 radical (unpaired) electrons. The van der Waals surface area contributed by atoms with Crippen molar-refractivity contribution in [3.8, 4) is 0 Å². The molecule has 3 unspecified atom stereocenters. The normalized spacial score (nSPS) is 14.4. The summed E-state index contributed by atoms with van der Waals surface area (Å²) in [6.45, 7) is 25.0. The van der Waals surface area contributed by atoms with Crippen molar-refractivity contribution in [3.63, 3.8) is 0 Å². The van der Waals surface area contributed by atoms with Gasteiger partial charge in [-0.25, -0.2) is 25.3 Å². The number of hydrogen-bond donors (Lipinski definition) is 6. The molecule has 0 saturated carbocycles. The molecule has 0 aliphatic carbocycles. The monoisotopic (exact) mass is 1380 g/mol. The van der Waals surface area contributed by atoms with Gasteiger partial charge in [-0.1, -0.05) is 105 Å². The van der Waals surface area contributed by atoms with Gasteiger partial charge in [0.2, 0.25) is 0 Å². The first-order valence-corrected chi connectivity index (χ1v) is 37.5. The van der Waals surface area contributed by atoms with Gasteiger partial charge in [-0.15, -0.1) is 0 Å². The average Bonchev–Trinajstić information content (AvgIpc) is 3.27. The molecule has 0 amide bonds. The maximum absolute atomic E-state index is 11.3. The fourth-order valence-corrected chi connectivity index (χ4v) is 15.3. The number of hydrogen-bond acceptors (Lipinski definition) is 12. The third kappa shape index (κ3) is 69.1. The second-order valence-corrected chi connectivity index (χ2v) is 32.1. The Morgan fingerprint density at radius 3 is 0.619 bits per heavy atom. The Labute approximate surface area is 636 Å². The topological polar surface area (TPSA) is 344 Å². The molecular weight excluding hydrogens is 1280 g/mol. The van der Waals surface area contributed by atoms with Crippen molar-refractivity contribution in [1.29, 1.82) is 0 Å². The summed E-state index contributed by atoms with van der Waals surface area (Å²) in [7, 11) is -27.8. The molecule has 0 saturated heterocycles. The van der Waals surface area contributed by atoms with Crippen LogP contribution in [0.1, 0.15) is 218 Å². The van der Waals surface area contributed by atoms with Crippen LogP contribution >= 0.6 is 22.8 Å². The molecule has 0 bridgehead atoms. The van der Waals surface area contributed by atoms with E-state index in [0.29, 0.717) is 38.5 Å². The quantitative estimate of drug-likeness (QED) is 0.0155. The first-order chi connectivity index (χ1) is 36.9. The van der Waals surface area contributed by atoms with Crippen molar-refractivity contribution >= 4 is 53.1 Å². The van der Waals surface area contributed by atoms with E-state index in [1.165, 1.54) is 50.2 Å². The third-order valence-electron chi connectivity index (χ3n) is 12.7. The first kappa shape index (κ1) is 97.8. The third-order valence-corrected chi connectivity index (χ3v) is 20.0. The zero-order valence-corrected chi connectivity index (χ0v) is 68.0. The summed E-state index contributed by atoms with van der Waals surface area (Å²) in [6.07, 6.45) is 34.5. The van der Waals surface area contributed by atoms with Gasteiger partial charge in [0.05, 0.1) is 64.6 Å². The minimum Gasteiger partial charge on any atom is -0.748 e. The van der Waals surface area contributed by atoms with Crippen molar-refractivity contribution in [1.82, 2.24) is 0 Å². The van der Waals surface area contributed by atoms with E-state index in [4.69, 9.17) is 0 Å². The molecule has 0 aliphatic rings. The zero-order chi connectivity index (χ0) is 63.3. The summed E-state index contributed by atoms with van der Waals surface area (Å²) in [5, 5.41) is 0. The fraction of sp³-hybridized carbons (Fsp3) is 0.684. The molecule has 0 aliphatic heterocycles. The summed E-state index contributed by atoms with van der Waals surface area (Å²) in [5.41, 5.74) is 7.39. The van der Waals surface area contributed by atoms with Gasteiger partial charge in [-0.05, 0) is 218 Å². The Kier molecular flexibility index (Phi) is 61.8. The van der Waals surface area contributed by atoms with Crippen molar-refractivity contribution in [2.24, 2.45) is 0 Å². The molecule has 27 heteroatoms. The van der Waals surface area contributed by atoms with Gasteiger partial charge in [0.25, 0.3) is 0 Å². The molecule has 3 atom stereocenters. The van der Waals surface area contributed by atoms with Crippen LogP contribution in [0.4, 0.5) is 0 Å². The maximum Gasteiger partial charge on any atom is 1.00 e. The van der Waals surface area contributed by atoms with Gasteiger partial charge in [-0.2, -0.15) is 0 Å². The summed E-state index contributed by atoms with van der Waals surface area (Å²) in [4.78, 5) is 55.1. The number of unbranched alkanes of at least 4 members (excludes halogenated alkanes) is 3. The van der Waals surface area contributed by atoms with Crippen LogP contribution in [0.15, 0.2) is 105 Å². The molecule has 18 nitrogen and oxygen atoms in total. The SMILES string of the molecule is CC(C)=CCC/C(C)=C/CC/C(C)=C/CCCC(CS(=O)(=O)[O-])P(=O)(O)O.CC(C)=CCC/C(C)=C/CC/C(C)=C/CCCC(CS(=O)(=O)[O-])P(=O)(O)O.CC(C)=CCC/C(C)=C/CC/C(C)=C/CCCC(CS(=O)(=O)[O-])P(=O)(O)O.[K+].[K+].[K+]. The molecule has 0 rings (SSSR count). The van der Waals surface area contributed by atoms with Crippen LogP contribution in [0.25, 0.3) is 0 Å². The van der Waals surface area contributed by atoms with Gasteiger partial charge in [0.1, 0.15) is 0 Å².